The van der Waals surface area contributed by atoms with Crippen LogP contribution in [0.4, 0.5) is 0 Å². The fourth-order valence-corrected chi connectivity index (χ4v) is 0.869. The number of hydrogen-bond donors (Lipinski definition) is 0. The maximum absolute atomic E-state index is 10.2. The molecule has 0 rings (SSSR count). The largest absolute Gasteiger partial charge is 0.290 e. The predicted molar refractivity (Wildman–Crippen MR) is 66.5 cm³/mol. The molecule has 2 atom stereocenters. The first kappa shape index (κ1) is 14.5. The molecule has 0 aromatic carbocycles. The summed E-state index contributed by atoms with van der Waals surface area (Å²) in [6, 6.07) is -0.777. The van der Waals surface area contributed by atoms with E-state index in [9.17, 15) is 9.81 Å². The van der Waals surface area contributed by atoms with E-state index in [0.717, 1.165) is 0 Å². The zero-order chi connectivity index (χ0) is 12.6. The molecule has 0 aliphatic rings. The van der Waals surface area contributed by atoms with Crippen LogP contribution in [-0.2, 0) is 0 Å². The summed E-state index contributed by atoms with van der Waals surface area (Å²) in [6.45, 7) is 7.90. The highest BCUT2D eigenvalue weighted by molar-refractivity contribution is 5.87. The Labute approximate surface area is 95.2 Å². The molecule has 0 aromatic rings. The van der Waals surface area contributed by atoms with E-state index >= 15 is 0 Å². The second kappa shape index (κ2) is 7.78. The van der Waals surface area contributed by atoms with Crippen LogP contribution in [-0.4, -0.2) is 36.6 Å². The summed E-state index contributed by atoms with van der Waals surface area (Å²) >= 11 is 0. The lowest BCUT2D eigenvalue weighted by atomic mass is 10.2. The van der Waals surface area contributed by atoms with Gasteiger partial charge in [-0.2, -0.15) is 9.81 Å². The Morgan fingerprint density at radius 3 is 1.44 bits per heavy atom. The average Bonchev–Trinajstić information content (AvgIpc) is 2.31. The second-order valence-corrected chi connectivity index (χ2v) is 3.61. The van der Waals surface area contributed by atoms with E-state index in [-0.39, 0.29) is 12.1 Å². The third kappa shape index (κ3) is 5.43. The molecule has 0 saturated carbocycles. The monoisotopic (exact) mass is 226 g/mol. The number of rotatable bonds is 7. The fourth-order valence-electron chi connectivity index (χ4n) is 0.869. The quantitative estimate of drug-likeness (QED) is 0.378. The molecule has 0 aliphatic heterocycles. The van der Waals surface area contributed by atoms with Gasteiger partial charge in [0.15, 0.2) is 0 Å². The molecule has 2 unspecified atom stereocenters. The summed E-state index contributed by atoms with van der Waals surface area (Å²) in [5, 5.41) is 5.74. The lowest BCUT2D eigenvalue weighted by molar-refractivity contribution is 0.894. The van der Waals surface area contributed by atoms with Gasteiger partial charge in [0.25, 0.3) is 0 Å². The number of nitroso groups, excluding NO2 is 2. The van der Waals surface area contributed by atoms with Gasteiger partial charge in [-0.05, 0) is 27.7 Å². The van der Waals surface area contributed by atoms with Crippen LogP contribution in [0.2, 0.25) is 0 Å². The molecule has 0 aliphatic carbocycles. The van der Waals surface area contributed by atoms with Gasteiger partial charge in [0.05, 0.1) is 13.1 Å². The van der Waals surface area contributed by atoms with Crippen molar-refractivity contribution < 1.29 is 0 Å². The van der Waals surface area contributed by atoms with Crippen molar-refractivity contribution in [3.05, 3.63) is 9.81 Å². The Balaban J connectivity index is 4.08. The summed E-state index contributed by atoms with van der Waals surface area (Å²) in [5.74, 6) is 0. The van der Waals surface area contributed by atoms with Crippen LogP contribution in [0.25, 0.3) is 0 Å². The molecule has 0 aromatic heterocycles. The van der Waals surface area contributed by atoms with Crippen molar-refractivity contribution in [1.82, 2.24) is 0 Å². The van der Waals surface area contributed by atoms with Crippen molar-refractivity contribution in [3.63, 3.8) is 0 Å². The molecule has 0 amide bonds. The summed E-state index contributed by atoms with van der Waals surface area (Å²) in [5.41, 5.74) is 1.40. The van der Waals surface area contributed by atoms with E-state index in [1.54, 1.807) is 27.7 Å². The summed E-state index contributed by atoms with van der Waals surface area (Å²) in [4.78, 5) is 28.7. The van der Waals surface area contributed by atoms with E-state index in [1.165, 1.54) is 0 Å². The smallest absolute Gasteiger partial charge is 0.126 e. The summed E-state index contributed by atoms with van der Waals surface area (Å²) in [7, 11) is 0. The van der Waals surface area contributed by atoms with Gasteiger partial charge in [-0.15, -0.1) is 0 Å². The molecule has 0 spiro atoms. The van der Waals surface area contributed by atoms with E-state index in [4.69, 9.17) is 0 Å². The molecule has 0 bridgehead atoms. The first-order valence-electron chi connectivity index (χ1n) is 5.19. The van der Waals surface area contributed by atoms with Crippen LogP contribution >= 0.6 is 0 Å². The van der Waals surface area contributed by atoms with Gasteiger partial charge in [0.1, 0.15) is 12.1 Å². The van der Waals surface area contributed by atoms with Gasteiger partial charge >= 0.3 is 0 Å². The molecule has 0 saturated heterocycles. The molecule has 6 heteroatoms. The Hall–Kier alpha value is -1.46. The van der Waals surface area contributed by atoms with Crippen molar-refractivity contribution in [2.45, 2.75) is 39.8 Å². The Kier molecular flexibility index (Phi) is 7.07. The van der Waals surface area contributed by atoms with Crippen LogP contribution in [0, 0.1) is 9.81 Å². The van der Waals surface area contributed by atoms with Crippen LogP contribution in [0.1, 0.15) is 27.7 Å². The van der Waals surface area contributed by atoms with Crippen molar-refractivity contribution in [3.8, 4) is 0 Å². The third-order valence-corrected chi connectivity index (χ3v) is 2.35. The highest BCUT2D eigenvalue weighted by Gasteiger charge is 2.04. The minimum atomic E-state index is -0.388. The minimum absolute atomic E-state index is 0.388. The Bertz CT molecular complexity index is 269. The van der Waals surface area contributed by atoms with Crippen LogP contribution < -0.4 is 0 Å². The van der Waals surface area contributed by atoms with Gasteiger partial charge in [0.2, 0.25) is 0 Å². The fraction of sp³-hybridized carbons (Fsp3) is 0.800. The topological polar surface area (TPSA) is 83.6 Å². The Morgan fingerprint density at radius 2 is 1.19 bits per heavy atom. The van der Waals surface area contributed by atoms with Crippen molar-refractivity contribution in [2.24, 2.45) is 20.3 Å². The molecule has 0 radical (unpaired) electrons. The molecule has 90 valence electrons. The van der Waals surface area contributed by atoms with Crippen molar-refractivity contribution >= 4 is 11.4 Å². The Morgan fingerprint density at radius 1 is 0.875 bits per heavy atom. The molecule has 0 heterocycles. The lowest BCUT2D eigenvalue weighted by Gasteiger charge is -2.02. The van der Waals surface area contributed by atoms with E-state index in [2.05, 4.69) is 20.3 Å². The molecule has 0 N–H and O–H groups in total. The maximum atomic E-state index is 10.2. The SMILES string of the molecule is CC(=NCCN=C(C)C(C)N=O)C(C)N=O. The van der Waals surface area contributed by atoms with Gasteiger partial charge in [-0.25, -0.2) is 0 Å². The van der Waals surface area contributed by atoms with Gasteiger partial charge in [-0.3, -0.25) is 9.98 Å². The highest BCUT2D eigenvalue weighted by atomic mass is 16.3. The van der Waals surface area contributed by atoms with Crippen molar-refractivity contribution in [1.29, 1.82) is 0 Å². The first-order valence-corrected chi connectivity index (χ1v) is 5.19. The van der Waals surface area contributed by atoms with Gasteiger partial charge in [0, 0.05) is 11.4 Å². The second-order valence-electron chi connectivity index (χ2n) is 3.61. The molecule has 6 nitrogen and oxygen atoms in total. The van der Waals surface area contributed by atoms with Crippen LogP contribution in [0.5, 0.6) is 0 Å². The molecule has 0 fully saturated rings. The average molecular weight is 226 g/mol. The van der Waals surface area contributed by atoms with E-state index in [0.29, 0.717) is 24.5 Å². The third-order valence-electron chi connectivity index (χ3n) is 2.35. The first-order chi connectivity index (χ1) is 7.52. The number of hydrogen-bond acceptors (Lipinski definition) is 6. The van der Waals surface area contributed by atoms with E-state index < -0.39 is 0 Å². The number of aliphatic imine (C=N–C) groups is 2. The predicted octanol–water partition coefficient (Wildman–Crippen LogP) is 2.22. The normalized spacial score (nSPS) is 16.8. The zero-order valence-electron chi connectivity index (χ0n) is 10.2. The highest BCUT2D eigenvalue weighted by Crippen LogP contribution is 1.95. The molecular weight excluding hydrogens is 208 g/mol. The number of nitrogens with zero attached hydrogens (tertiary/aromatic N) is 4. The molecular formula is C10H18N4O2. The minimum Gasteiger partial charge on any atom is -0.290 e. The lowest BCUT2D eigenvalue weighted by Crippen LogP contribution is -2.13. The van der Waals surface area contributed by atoms with E-state index in [1.807, 2.05) is 0 Å². The van der Waals surface area contributed by atoms with Crippen LogP contribution in [0.15, 0.2) is 20.3 Å². The molecule has 16 heavy (non-hydrogen) atoms. The van der Waals surface area contributed by atoms with Crippen LogP contribution in [0.3, 0.4) is 0 Å². The van der Waals surface area contributed by atoms with Gasteiger partial charge < -0.3 is 0 Å². The standard InChI is InChI=1S/C10H18N4O2/c1-7(9(3)13-15)11-5-6-12-8(2)10(4)14-16/h9-10H,5-6H2,1-4H3. The van der Waals surface area contributed by atoms with Crippen molar-refractivity contribution in [2.75, 3.05) is 13.1 Å². The zero-order valence-corrected chi connectivity index (χ0v) is 10.2. The summed E-state index contributed by atoms with van der Waals surface area (Å²) < 4.78 is 0. The maximum Gasteiger partial charge on any atom is 0.126 e. The van der Waals surface area contributed by atoms with Gasteiger partial charge in [-0.1, -0.05) is 10.4 Å². The summed E-state index contributed by atoms with van der Waals surface area (Å²) in [6.07, 6.45) is 0.